The molecule has 1 aromatic carbocycles. The Balaban J connectivity index is 1.34. The van der Waals surface area contributed by atoms with Gasteiger partial charge < -0.3 is 14.6 Å². The molecule has 2 heterocycles. The molecular weight excluding hydrogens is 477 g/mol. The van der Waals surface area contributed by atoms with E-state index in [1.54, 1.807) is 0 Å². The van der Waals surface area contributed by atoms with Gasteiger partial charge in [0.15, 0.2) is 5.78 Å². The molecule has 1 saturated heterocycles. The van der Waals surface area contributed by atoms with Crippen molar-refractivity contribution in [2.75, 3.05) is 0 Å². The molecule has 4 aliphatic rings. The van der Waals surface area contributed by atoms with Gasteiger partial charge in [-0.25, -0.2) is 4.98 Å². The van der Waals surface area contributed by atoms with Gasteiger partial charge in [0, 0.05) is 24.7 Å². The lowest BCUT2D eigenvalue weighted by Gasteiger charge is -2.64. The van der Waals surface area contributed by atoms with E-state index in [1.165, 1.54) is 25.0 Å². The van der Waals surface area contributed by atoms with Crippen LogP contribution in [0.2, 0.25) is 0 Å². The van der Waals surface area contributed by atoms with Crippen molar-refractivity contribution >= 4 is 18.8 Å². The summed E-state index contributed by atoms with van der Waals surface area (Å²) in [4.78, 5) is 35.0. The SMILES string of the molecule is CC(C)C[C@H](NC(=O)[C@@H](CC(=O)c1cnccn1)Cc1ccccc1)B1OC2CC3C[C@@H](C3(C)C)[C@]2(C)O1. The van der Waals surface area contributed by atoms with Crippen LogP contribution in [0.15, 0.2) is 48.9 Å². The number of rotatable bonds is 10. The van der Waals surface area contributed by atoms with E-state index in [0.29, 0.717) is 24.2 Å². The number of amides is 1. The Bertz CT molecular complexity index is 1140. The molecule has 6 atom stereocenters. The smallest absolute Gasteiger partial charge is 0.404 e. The molecule has 1 aliphatic heterocycles. The summed E-state index contributed by atoms with van der Waals surface area (Å²) < 4.78 is 13.3. The maximum absolute atomic E-state index is 13.8. The molecule has 4 fully saturated rings. The molecule has 7 nitrogen and oxygen atoms in total. The van der Waals surface area contributed by atoms with Crippen molar-refractivity contribution in [3.8, 4) is 0 Å². The standard InChI is InChI=1S/C30H40BN3O4/c1-19(2)13-27(31-37-26-17-22-16-25(29(22,3)4)30(26,5)38-31)34-28(36)21(14-20-9-7-6-8-10-20)15-24(35)23-18-32-11-12-33-23/h6-12,18-19,21-22,25-27H,13-17H2,1-5H3,(H,34,36)/t21-,22?,25+,26?,27+,30+/m1/s1. The molecule has 1 amide bonds. The van der Waals surface area contributed by atoms with E-state index in [4.69, 9.17) is 9.31 Å². The zero-order valence-electron chi connectivity index (χ0n) is 23.2. The van der Waals surface area contributed by atoms with Crippen LogP contribution in [0.1, 0.15) is 76.4 Å². The summed E-state index contributed by atoms with van der Waals surface area (Å²) >= 11 is 0. The maximum Gasteiger partial charge on any atom is 0.481 e. The Kier molecular flexibility index (Phi) is 7.49. The number of nitrogens with zero attached hydrogens (tertiary/aromatic N) is 2. The molecule has 8 heteroatoms. The topological polar surface area (TPSA) is 90.4 Å². The molecule has 3 aliphatic carbocycles. The van der Waals surface area contributed by atoms with Crippen molar-refractivity contribution < 1.29 is 18.9 Å². The van der Waals surface area contributed by atoms with Crippen molar-refractivity contribution in [2.24, 2.45) is 29.1 Å². The highest BCUT2D eigenvalue weighted by atomic mass is 16.7. The second kappa shape index (κ2) is 10.5. The third kappa shape index (κ3) is 5.17. The third-order valence-corrected chi connectivity index (χ3v) is 9.33. The van der Waals surface area contributed by atoms with Crippen molar-refractivity contribution in [3.05, 3.63) is 60.2 Å². The number of hydrogen-bond donors (Lipinski definition) is 1. The number of nitrogens with one attached hydrogen (secondary N) is 1. The highest BCUT2D eigenvalue weighted by Crippen LogP contribution is 2.65. The number of hydrogen-bond acceptors (Lipinski definition) is 6. The second-order valence-corrected chi connectivity index (χ2v) is 12.7. The van der Waals surface area contributed by atoms with E-state index in [2.05, 4.69) is 49.9 Å². The van der Waals surface area contributed by atoms with E-state index < -0.39 is 13.0 Å². The van der Waals surface area contributed by atoms with Gasteiger partial charge in [0.2, 0.25) is 5.91 Å². The van der Waals surface area contributed by atoms with E-state index in [0.717, 1.165) is 18.4 Å². The van der Waals surface area contributed by atoms with Crippen LogP contribution in [0.4, 0.5) is 0 Å². The minimum atomic E-state index is -0.549. The molecule has 1 aromatic heterocycles. The Labute approximate surface area is 226 Å². The highest BCUT2D eigenvalue weighted by Gasteiger charge is 2.68. The largest absolute Gasteiger partial charge is 0.481 e. The summed E-state index contributed by atoms with van der Waals surface area (Å²) in [6.07, 6.45) is 7.96. The Hall–Kier alpha value is -2.58. The summed E-state index contributed by atoms with van der Waals surface area (Å²) in [5, 5.41) is 3.27. The Morgan fingerprint density at radius 1 is 1.13 bits per heavy atom. The zero-order valence-corrected chi connectivity index (χ0v) is 23.2. The number of Topliss-reactive ketones (excluding diaryl/α,β-unsaturated/α-hetero) is 1. The Morgan fingerprint density at radius 3 is 2.55 bits per heavy atom. The minimum absolute atomic E-state index is 0.0502. The normalized spacial score (nSPS) is 28.8. The molecule has 0 radical (unpaired) electrons. The first-order valence-corrected chi connectivity index (χ1v) is 14.0. The molecule has 3 saturated carbocycles. The van der Waals surface area contributed by atoms with E-state index in [9.17, 15) is 9.59 Å². The second-order valence-electron chi connectivity index (χ2n) is 12.7. The first kappa shape index (κ1) is 27.0. The van der Waals surface area contributed by atoms with Gasteiger partial charge in [0.1, 0.15) is 5.69 Å². The third-order valence-electron chi connectivity index (χ3n) is 9.33. The van der Waals surface area contributed by atoms with Crippen molar-refractivity contribution in [1.82, 2.24) is 15.3 Å². The average molecular weight is 517 g/mol. The van der Waals surface area contributed by atoms with E-state index in [-0.39, 0.29) is 46.9 Å². The van der Waals surface area contributed by atoms with Crippen molar-refractivity contribution in [2.45, 2.75) is 84.4 Å². The van der Waals surface area contributed by atoms with Crippen LogP contribution in [-0.4, -0.2) is 46.4 Å². The fourth-order valence-electron chi connectivity index (χ4n) is 7.05. The van der Waals surface area contributed by atoms with Crippen LogP contribution in [-0.2, 0) is 20.5 Å². The summed E-state index contributed by atoms with van der Waals surface area (Å²) in [6, 6.07) is 9.82. The highest BCUT2D eigenvalue weighted by molar-refractivity contribution is 6.47. The minimum Gasteiger partial charge on any atom is -0.404 e. The first-order valence-electron chi connectivity index (χ1n) is 14.0. The van der Waals surface area contributed by atoms with Crippen molar-refractivity contribution in [3.63, 3.8) is 0 Å². The Morgan fingerprint density at radius 2 is 1.89 bits per heavy atom. The van der Waals surface area contributed by atoms with Crippen molar-refractivity contribution in [1.29, 1.82) is 0 Å². The van der Waals surface area contributed by atoms with Gasteiger partial charge in [0.05, 0.1) is 23.8 Å². The number of aromatic nitrogens is 2. The van der Waals surface area contributed by atoms with Crippen LogP contribution in [0, 0.1) is 29.1 Å². The molecule has 6 rings (SSSR count). The molecule has 2 aromatic rings. The number of carbonyl (C=O) groups is 2. The lowest BCUT2D eigenvalue weighted by Crippen LogP contribution is -2.65. The van der Waals surface area contributed by atoms with Gasteiger partial charge in [0.25, 0.3) is 0 Å². The maximum atomic E-state index is 13.8. The van der Waals surface area contributed by atoms with E-state index in [1.807, 2.05) is 30.3 Å². The van der Waals surface area contributed by atoms with Gasteiger partial charge in [-0.1, -0.05) is 58.0 Å². The predicted molar refractivity (Wildman–Crippen MR) is 146 cm³/mol. The lowest BCUT2D eigenvalue weighted by atomic mass is 9.43. The summed E-state index contributed by atoms with van der Waals surface area (Å²) in [7, 11) is -0.500. The van der Waals surface area contributed by atoms with Gasteiger partial charge in [-0.3, -0.25) is 14.6 Å². The predicted octanol–water partition coefficient (Wildman–Crippen LogP) is 4.71. The van der Waals surface area contributed by atoms with Gasteiger partial charge in [-0.15, -0.1) is 0 Å². The molecule has 202 valence electrons. The summed E-state index contributed by atoms with van der Waals surface area (Å²) in [5.41, 5.74) is 1.20. The van der Waals surface area contributed by atoms with Crippen LogP contribution in [0.3, 0.4) is 0 Å². The number of benzene rings is 1. The molecular formula is C30H40BN3O4. The zero-order chi connectivity index (χ0) is 27.1. The van der Waals surface area contributed by atoms with Crippen LogP contribution < -0.4 is 5.32 Å². The first-order chi connectivity index (χ1) is 18.1. The molecule has 0 spiro atoms. The fraction of sp³-hybridized carbons (Fsp3) is 0.600. The van der Waals surface area contributed by atoms with Gasteiger partial charge in [-0.2, -0.15) is 0 Å². The van der Waals surface area contributed by atoms with E-state index >= 15 is 0 Å². The number of ketones is 1. The summed E-state index contributed by atoms with van der Waals surface area (Å²) in [6.45, 7) is 11.2. The van der Waals surface area contributed by atoms with Crippen LogP contribution in [0.25, 0.3) is 0 Å². The monoisotopic (exact) mass is 517 g/mol. The fourth-order valence-corrected chi connectivity index (χ4v) is 7.05. The summed E-state index contributed by atoms with van der Waals surface area (Å²) in [5.74, 6) is 0.254. The molecule has 1 N–H and O–H groups in total. The molecule has 2 unspecified atom stereocenters. The van der Waals surface area contributed by atoms with Gasteiger partial charge in [-0.05, 0) is 61.3 Å². The van der Waals surface area contributed by atoms with Crippen LogP contribution >= 0.6 is 0 Å². The number of carbonyl (C=O) groups excluding carboxylic acids is 2. The molecule has 38 heavy (non-hydrogen) atoms. The average Bonchev–Trinajstić information content (AvgIpc) is 3.26. The lowest BCUT2D eigenvalue weighted by molar-refractivity contribution is -0.199. The molecule has 2 bridgehead atoms. The quantitative estimate of drug-likeness (QED) is 0.363. The van der Waals surface area contributed by atoms with Gasteiger partial charge >= 0.3 is 7.12 Å². The van der Waals surface area contributed by atoms with Crippen LogP contribution in [0.5, 0.6) is 0 Å².